The van der Waals surface area contributed by atoms with Crippen molar-refractivity contribution in [2.24, 2.45) is 0 Å². The Labute approximate surface area is 143 Å². The summed E-state index contributed by atoms with van der Waals surface area (Å²) in [7, 11) is 0. The molecule has 3 nitrogen and oxygen atoms in total. The third-order valence-corrected chi connectivity index (χ3v) is 6.02. The zero-order chi connectivity index (χ0) is 16.1. The van der Waals surface area contributed by atoms with Gasteiger partial charge in [0.2, 0.25) is 5.91 Å². The Hall–Kier alpha value is -1.40. The van der Waals surface area contributed by atoms with E-state index in [1.165, 1.54) is 23.9 Å². The smallest absolute Gasteiger partial charge is 0.232 e. The van der Waals surface area contributed by atoms with E-state index < -0.39 is 0 Å². The van der Waals surface area contributed by atoms with Crippen LogP contribution in [0, 0.1) is 5.82 Å². The van der Waals surface area contributed by atoms with Gasteiger partial charge in [0, 0.05) is 23.7 Å². The summed E-state index contributed by atoms with van der Waals surface area (Å²) in [5.74, 6) is 2.18. The van der Waals surface area contributed by atoms with Crippen molar-refractivity contribution in [3.8, 4) is 0 Å². The normalized spacial score (nSPS) is 18.7. The van der Waals surface area contributed by atoms with Crippen LogP contribution in [0.3, 0.4) is 0 Å². The summed E-state index contributed by atoms with van der Waals surface area (Å²) >= 11 is 3.30. The molecule has 0 radical (unpaired) electrons. The highest BCUT2D eigenvalue weighted by molar-refractivity contribution is 8.00. The molecule has 1 aromatic carbocycles. The molecule has 1 atom stereocenters. The van der Waals surface area contributed by atoms with Crippen LogP contribution in [0.15, 0.2) is 52.0 Å². The van der Waals surface area contributed by atoms with Gasteiger partial charge in [-0.15, -0.1) is 23.5 Å². The average Bonchev–Trinajstić information content (AvgIpc) is 2.98. The monoisotopic (exact) mass is 351 g/mol. The first-order valence-electron chi connectivity index (χ1n) is 7.53. The Kier molecular flexibility index (Phi) is 5.67. The molecule has 122 valence electrons. The molecule has 1 saturated heterocycles. The van der Waals surface area contributed by atoms with Gasteiger partial charge in [-0.1, -0.05) is 0 Å². The minimum Gasteiger partial charge on any atom is -0.468 e. The minimum absolute atomic E-state index is 0.139. The topological polar surface area (TPSA) is 33.5 Å². The molecule has 2 aromatic rings. The van der Waals surface area contributed by atoms with Gasteiger partial charge in [0.15, 0.2) is 0 Å². The Morgan fingerprint density at radius 1 is 1.30 bits per heavy atom. The standard InChI is InChI=1S/C17H18FNO2S2/c18-13-3-5-14(6-4-13)23-12-17(20)19-8-7-16(22-11-9-19)15-2-1-10-21-15/h1-6,10,16H,7-9,11-12H2/t16-/m1/s1. The number of hydrogen-bond acceptors (Lipinski definition) is 4. The Morgan fingerprint density at radius 3 is 2.87 bits per heavy atom. The van der Waals surface area contributed by atoms with Crippen LogP contribution in [0.5, 0.6) is 0 Å². The van der Waals surface area contributed by atoms with Crippen LogP contribution in [0.2, 0.25) is 0 Å². The van der Waals surface area contributed by atoms with Gasteiger partial charge in [0.05, 0.1) is 17.3 Å². The molecular formula is C17H18FNO2S2. The molecule has 0 unspecified atom stereocenters. The molecule has 0 spiro atoms. The van der Waals surface area contributed by atoms with Gasteiger partial charge in [-0.2, -0.15) is 0 Å². The van der Waals surface area contributed by atoms with E-state index in [2.05, 4.69) is 0 Å². The maximum Gasteiger partial charge on any atom is 0.232 e. The molecule has 1 aliphatic rings. The number of thioether (sulfide) groups is 2. The minimum atomic E-state index is -0.255. The number of hydrogen-bond donors (Lipinski definition) is 0. The van der Waals surface area contributed by atoms with Crippen molar-refractivity contribution < 1.29 is 13.6 Å². The van der Waals surface area contributed by atoms with Crippen LogP contribution in [0.25, 0.3) is 0 Å². The second-order valence-electron chi connectivity index (χ2n) is 5.29. The van der Waals surface area contributed by atoms with Crippen molar-refractivity contribution in [2.75, 3.05) is 24.6 Å². The van der Waals surface area contributed by atoms with Crippen LogP contribution >= 0.6 is 23.5 Å². The fraction of sp³-hybridized carbons (Fsp3) is 0.353. The summed E-state index contributed by atoms with van der Waals surface area (Å²) in [6, 6.07) is 10.2. The van der Waals surface area contributed by atoms with Crippen LogP contribution < -0.4 is 0 Å². The van der Waals surface area contributed by atoms with E-state index in [1.54, 1.807) is 18.4 Å². The van der Waals surface area contributed by atoms with Crippen LogP contribution in [0.1, 0.15) is 17.4 Å². The SMILES string of the molecule is O=C(CSc1ccc(F)cc1)N1CCS[C@@H](c2ccco2)CC1. The van der Waals surface area contributed by atoms with E-state index in [0.29, 0.717) is 11.0 Å². The highest BCUT2D eigenvalue weighted by Crippen LogP contribution is 2.34. The lowest BCUT2D eigenvalue weighted by Gasteiger charge is -2.20. The average molecular weight is 351 g/mol. The molecule has 1 aromatic heterocycles. The molecule has 2 heterocycles. The van der Waals surface area contributed by atoms with Crippen molar-refractivity contribution in [3.63, 3.8) is 0 Å². The lowest BCUT2D eigenvalue weighted by Crippen LogP contribution is -2.34. The lowest BCUT2D eigenvalue weighted by molar-refractivity contribution is -0.128. The summed E-state index contributed by atoms with van der Waals surface area (Å²) in [6.45, 7) is 1.52. The van der Waals surface area contributed by atoms with Crippen LogP contribution in [-0.2, 0) is 4.79 Å². The maximum absolute atomic E-state index is 12.9. The zero-order valence-corrected chi connectivity index (χ0v) is 14.2. The molecular weight excluding hydrogens is 333 g/mol. The van der Waals surface area contributed by atoms with E-state index in [4.69, 9.17) is 4.42 Å². The second-order valence-corrected chi connectivity index (χ2v) is 7.65. The number of benzene rings is 1. The van der Waals surface area contributed by atoms with Gasteiger partial charge in [0.25, 0.3) is 0 Å². The van der Waals surface area contributed by atoms with E-state index in [1.807, 2.05) is 28.8 Å². The summed E-state index contributed by atoms with van der Waals surface area (Å²) in [4.78, 5) is 15.2. The van der Waals surface area contributed by atoms with Crippen LogP contribution in [0.4, 0.5) is 4.39 Å². The second kappa shape index (κ2) is 7.93. The summed E-state index contributed by atoms with van der Waals surface area (Å²) < 4.78 is 18.4. The molecule has 6 heteroatoms. The van der Waals surface area contributed by atoms with Crippen molar-refractivity contribution >= 4 is 29.4 Å². The zero-order valence-electron chi connectivity index (χ0n) is 12.6. The number of carbonyl (C=O) groups is 1. The first-order chi connectivity index (χ1) is 11.2. The fourth-order valence-electron chi connectivity index (χ4n) is 2.49. The van der Waals surface area contributed by atoms with Crippen molar-refractivity contribution in [2.45, 2.75) is 16.6 Å². The summed E-state index contributed by atoms with van der Waals surface area (Å²) in [5.41, 5.74) is 0. The molecule has 1 aliphatic heterocycles. The van der Waals surface area contributed by atoms with Gasteiger partial charge < -0.3 is 9.32 Å². The number of carbonyl (C=O) groups excluding carboxylic acids is 1. The molecule has 1 fully saturated rings. The molecule has 1 amide bonds. The largest absolute Gasteiger partial charge is 0.468 e. The Balaban J connectivity index is 1.50. The number of halogens is 1. The van der Waals surface area contributed by atoms with Gasteiger partial charge in [-0.25, -0.2) is 4.39 Å². The highest BCUT2D eigenvalue weighted by atomic mass is 32.2. The fourth-order valence-corrected chi connectivity index (χ4v) is 4.47. The van der Waals surface area contributed by atoms with Gasteiger partial charge in [-0.3, -0.25) is 4.79 Å². The number of furan rings is 1. The predicted octanol–water partition coefficient (Wildman–Crippen LogP) is 4.22. The number of rotatable bonds is 4. The number of nitrogens with zero attached hydrogens (tertiary/aromatic N) is 1. The Bertz CT molecular complexity index is 631. The van der Waals surface area contributed by atoms with E-state index in [9.17, 15) is 9.18 Å². The molecule has 23 heavy (non-hydrogen) atoms. The van der Waals surface area contributed by atoms with Crippen molar-refractivity contribution in [3.05, 3.63) is 54.2 Å². The highest BCUT2D eigenvalue weighted by Gasteiger charge is 2.23. The molecule has 0 saturated carbocycles. The predicted molar refractivity (Wildman–Crippen MR) is 92.2 cm³/mol. The van der Waals surface area contributed by atoms with Gasteiger partial charge in [-0.05, 0) is 42.8 Å². The van der Waals surface area contributed by atoms with E-state index in [-0.39, 0.29) is 11.7 Å². The molecule has 0 N–H and O–H groups in total. The van der Waals surface area contributed by atoms with Crippen molar-refractivity contribution in [1.82, 2.24) is 4.90 Å². The number of amides is 1. The molecule has 0 bridgehead atoms. The van der Waals surface area contributed by atoms with Crippen molar-refractivity contribution in [1.29, 1.82) is 0 Å². The summed E-state index contributed by atoms with van der Waals surface area (Å²) in [5, 5.41) is 0.326. The van der Waals surface area contributed by atoms with E-state index in [0.717, 1.165) is 35.9 Å². The lowest BCUT2D eigenvalue weighted by atomic mass is 10.2. The van der Waals surface area contributed by atoms with Crippen LogP contribution in [-0.4, -0.2) is 35.4 Å². The molecule has 0 aliphatic carbocycles. The molecule has 3 rings (SSSR count). The first-order valence-corrected chi connectivity index (χ1v) is 9.57. The maximum atomic E-state index is 12.9. The summed E-state index contributed by atoms with van der Waals surface area (Å²) in [6.07, 6.45) is 2.61. The quantitative estimate of drug-likeness (QED) is 0.773. The first kappa shape index (κ1) is 16.5. The third kappa shape index (κ3) is 4.54. The van der Waals surface area contributed by atoms with Gasteiger partial charge >= 0.3 is 0 Å². The van der Waals surface area contributed by atoms with E-state index >= 15 is 0 Å². The van der Waals surface area contributed by atoms with Gasteiger partial charge in [0.1, 0.15) is 11.6 Å². The Morgan fingerprint density at radius 2 is 2.13 bits per heavy atom. The third-order valence-electron chi connectivity index (χ3n) is 3.73.